The predicted octanol–water partition coefficient (Wildman–Crippen LogP) is 1.23. The van der Waals surface area contributed by atoms with Gasteiger partial charge in [0.05, 0.1) is 6.61 Å². The fraction of sp³-hybridized carbons (Fsp3) is 0.917. The van der Waals surface area contributed by atoms with Crippen molar-refractivity contribution >= 4 is 6.09 Å². The molecule has 1 aliphatic heterocycles. The minimum atomic E-state index is -0.450. The van der Waals surface area contributed by atoms with Crippen LogP contribution in [0.2, 0.25) is 0 Å². The van der Waals surface area contributed by atoms with Crippen molar-refractivity contribution in [3.8, 4) is 0 Å². The van der Waals surface area contributed by atoms with E-state index in [1.807, 2.05) is 20.8 Å². The molecule has 1 heterocycles. The van der Waals surface area contributed by atoms with E-state index in [1.54, 1.807) is 12.0 Å². The molecule has 0 bridgehead atoms. The Kier molecular flexibility index (Phi) is 5.21. The summed E-state index contributed by atoms with van der Waals surface area (Å²) in [5.74, 6) is 0. The maximum Gasteiger partial charge on any atom is 0.410 e. The first kappa shape index (κ1) is 14.3. The summed E-state index contributed by atoms with van der Waals surface area (Å²) >= 11 is 0. The zero-order valence-electron chi connectivity index (χ0n) is 11.3. The third-order valence-electron chi connectivity index (χ3n) is 2.64. The van der Waals surface area contributed by atoms with Crippen LogP contribution in [0.4, 0.5) is 4.79 Å². The average molecular weight is 244 g/mol. The molecule has 1 fully saturated rings. The fourth-order valence-electron chi connectivity index (χ4n) is 1.84. The Hall–Kier alpha value is -0.810. The molecule has 1 aliphatic rings. The monoisotopic (exact) mass is 244 g/mol. The number of nitrogens with zero attached hydrogens (tertiary/aromatic N) is 1. The molecule has 0 aromatic carbocycles. The summed E-state index contributed by atoms with van der Waals surface area (Å²) in [5, 5.41) is 3.26. The van der Waals surface area contributed by atoms with Gasteiger partial charge in [0.2, 0.25) is 0 Å². The molecule has 17 heavy (non-hydrogen) atoms. The van der Waals surface area contributed by atoms with Gasteiger partial charge in [0.25, 0.3) is 0 Å². The molecular weight excluding hydrogens is 220 g/mol. The molecule has 0 spiro atoms. The first-order valence-electron chi connectivity index (χ1n) is 6.13. The summed E-state index contributed by atoms with van der Waals surface area (Å²) < 4.78 is 10.5. The van der Waals surface area contributed by atoms with Crippen molar-refractivity contribution in [2.24, 2.45) is 0 Å². The van der Waals surface area contributed by atoms with E-state index in [-0.39, 0.29) is 12.1 Å². The number of carbonyl (C=O) groups is 1. The van der Waals surface area contributed by atoms with Crippen LogP contribution in [0.1, 0.15) is 27.2 Å². The highest BCUT2D eigenvalue weighted by Gasteiger charge is 2.29. The van der Waals surface area contributed by atoms with Gasteiger partial charge in [-0.2, -0.15) is 0 Å². The Morgan fingerprint density at radius 2 is 2.18 bits per heavy atom. The Morgan fingerprint density at radius 1 is 1.47 bits per heavy atom. The van der Waals surface area contributed by atoms with Crippen LogP contribution in [0.25, 0.3) is 0 Å². The molecule has 5 nitrogen and oxygen atoms in total. The topological polar surface area (TPSA) is 50.8 Å². The third-order valence-corrected chi connectivity index (χ3v) is 2.64. The van der Waals surface area contributed by atoms with Crippen molar-refractivity contribution in [3.63, 3.8) is 0 Å². The fourth-order valence-corrected chi connectivity index (χ4v) is 1.84. The van der Waals surface area contributed by atoms with Crippen LogP contribution in [0.5, 0.6) is 0 Å². The molecule has 1 N–H and O–H groups in total. The molecule has 0 saturated carbocycles. The molecule has 1 saturated heterocycles. The van der Waals surface area contributed by atoms with Crippen LogP contribution in [0.3, 0.4) is 0 Å². The molecule has 0 unspecified atom stereocenters. The largest absolute Gasteiger partial charge is 0.444 e. The number of hydrogen-bond donors (Lipinski definition) is 1. The van der Waals surface area contributed by atoms with Crippen molar-refractivity contribution in [2.75, 3.05) is 33.4 Å². The van der Waals surface area contributed by atoms with Gasteiger partial charge in [0.15, 0.2) is 0 Å². The number of nitrogens with one attached hydrogen (secondary N) is 1. The third kappa shape index (κ3) is 4.91. The van der Waals surface area contributed by atoms with E-state index in [0.29, 0.717) is 13.2 Å². The predicted molar refractivity (Wildman–Crippen MR) is 66.1 cm³/mol. The Morgan fingerprint density at radius 3 is 2.65 bits per heavy atom. The van der Waals surface area contributed by atoms with Crippen molar-refractivity contribution in [1.29, 1.82) is 0 Å². The molecule has 0 radical (unpaired) electrons. The molecule has 5 heteroatoms. The molecule has 0 aromatic rings. The van der Waals surface area contributed by atoms with E-state index in [9.17, 15) is 4.79 Å². The minimum absolute atomic E-state index is 0.222. The number of rotatable bonds is 4. The highest BCUT2D eigenvalue weighted by atomic mass is 16.6. The van der Waals surface area contributed by atoms with Gasteiger partial charge in [0, 0.05) is 26.2 Å². The lowest BCUT2D eigenvalue weighted by molar-refractivity contribution is 0.0121. The van der Waals surface area contributed by atoms with Gasteiger partial charge >= 0.3 is 6.09 Å². The van der Waals surface area contributed by atoms with Crippen molar-refractivity contribution < 1.29 is 14.3 Å². The van der Waals surface area contributed by atoms with Crippen LogP contribution in [0, 0.1) is 0 Å². The lowest BCUT2D eigenvalue weighted by Gasteiger charge is -2.31. The van der Waals surface area contributed by atoms with E-state index in [2.05, 4.69) is 5.32 Å². The lowest BCUT2D eigenvalue weighted by Crippen LogP contribution is -2.45. The second kappa shape index (κ2) is 6.21. The molecule has 1 atom stereocenters. The Labute approximate surface area is 103 Å². The van der Waals surface area contributed by atoms with Gasteiger partial charge in [-0.15, -0.1) is 0 Å². The van der Waals surface area contributed by atoms with Crippen LogP contribution in [0.15, 0.2) is 0 Å². The quantitative estimate of drug-likeness (QED) is 0.808. The number of carbonyl (C=O) groups excluding carboxylic acids is 1. The Bertz CT molecular complexity index is 245. The first-order valence-corrected chi connectivity index (χ1v) is 6.13. The molecule has 1 amide bonds. The number of hydrogen-bond acceptors (Lipinski definition) is 4. The summed E-state index contributed by atoms with van der Waals surface area (Å²) in [6.45, 7) is 8.55. The van der Waals surface area contributed by atoms with Gasteiger partial charge in [-0.05, 0) is 33.7 Å². The van der Waals surface area contributed by atoms with E-state index >= 15 is 0 Å². The summed E-state index contributed by atoms with van der Waals surface area (Å²) in [5.41, 5.74) is -0.450. The summed E-state index contributed by atoms with van der Waals surface area (Å²) in [6, 6.07) is 0.222. The maximum atomic E-state index is 12.1. The van der Waals surface area contributed by atoms with Gasteiger partial charge in [-0.25, -0.2) is 4.79 Å². The van der Waals surface area contributed by atoms with Gasteiger partial charge in [-0.1, -0.05) is 0 Å². The van der Waals surface area contributed by atoms with Crippen molar-refractivity contribution in [1.82, 2.24) is 10.2 Å². The maximum absolute atomic E-state index is 12.1. The minimum Gasteiger partial charge on any atom is -0.444 e. The van der Waals surface area contributed by atoms with Crippen LogP contribution < -0.4 is 5.32 Å². The normalized spacial score (nSPS) is 20.4. The van der Waals surface area contributed by atoms with Crippen LogP contribution in [-0.2, 0) is 9.47 Å². The van der Waals surface area contributed by atoms with Gasteiger partial charge in [0.1, 0.15) is 5.60 Å². The van der Waals surface area contributed by atoms with Gasteiger partial charge in [-0.3, -0.25) is 0 Å². The number of ether oxygens (including phenoxy) is 2. The lowest BCUT2D eigenvalue weighted by atomic mass is 10.2. The average Bonchev–Trinajstić information content (AvgIpc) is 2.68. The Balaban J connectivity index is 2.57. The van der Waals surface area contributed by atoms with E-state index < -0.39 is 5.60 Å². The molecular formula is C12H24N2O3. The number of methoxy groups -OCH3 is 1. The second-order valence-corrected chi connectivity index (χ2v) is 5.31. The summed E-state index contributed by atoms with van der Waals surface area (Å²) in [6.07, 6.45) is 0.728. The zero-order chi connectivity index (χ0) is 12.9. The van der Waals surface area contributed by atoms with Crippen molar-refractivity contribution in [2.45, 2.75) is 38.8 Å². The van der Waals surface area contributed by atoms with E-state index in [0.717, 1.165) is 19.5 Å². The zero-order valence-corrected chi connectivity index (χ0v) is 11.3. The van der Waals surface area contributed by atoms with Crippen LogP contribution >= 0.6 is 0 Å². The standard InChI is InChI=1S/C12H24N2O3/c1-12(2,3)17-11(15)14(7-8-16-4)10-5-6-13-9-10/h10,13H,5-9H2,1-4H3/t10-/m1/s1. The summed E-state index contributed by atoms with van der Waals surface area (Å²) in [4.78, 5) is 13.8. The molecule has 100 valence electrons. The van der Waals surface area contributed by atoms with E-state index in [4.69, 9.17) is 9.47 Å². The highest BCUT2D eigenvalue weighted by Crippen LogP contribution is 2.15. The van der Waals surface area contributed by atoms with E-state index in [1.165, 1.54) is 0 Å². The second-order valence-electron chi connectivity index (χ2n) is 5.31. The smallest absolute Gasteiger partial charge is 0.410 e. The highest BCUT2D eigenvalue weighted by molar-refractivity contribution is 5.68. The number of amides is 1. The van der Waals surface area contributed by atoms with Gasteiger partial charge < -0.3 is 19.7 Å². The first-order chi connectivity index (χ1) is 7.94. The molecule has 0 aliphatic carbocycles. The molecule has 1 rings (SSSR count). The van der Waals surface area contributed by atoms with Crippen LogP contribution in [-0.4, -0.2) is 56.0 Å². The molecule has 0 aromatic heterocycles. The SMILES string of the molecule is COCCN(C(=O)OC(C)(C)C)[C@@H]1CCNC1. The summed E-state index contributed by atoms with van der Waals surface area (Å²) in [7, 11) is 1.64. The van der Waals surface area contributed by atoms with Crippen molar-refractivity contribution in [3.05, 3.63) is 0 Å².